The molecule has 1 N–H and O–H groups in total. The predicted molar refractivity (Wildman–Crippen MR) is 134 cm³/mol. The number of nitrogens with one attached hydrogen (secondary N) is 1. The van der Waals surface area contributed by atoms with Gasteiger partial charge in [-0.15, -0.1) is 0 Å². The molecule has 0 bridgehead atoms. The van der Waals surface area contributed by atoms with E-state index in [-0.39, 0.29) is 5.69 Å². The van der Waals surface area contributed by atoms with Gasteiger partial charge in [-0.3, -0.25) is 14.3 Å². The SMILES string of the molecule is O=C(Nc1ccc2nn(C3CC3)cc2c1N1CCC2(CC2)C1)c1ccc(=O)n(-c2c(F)cccc2F)n1. The van der Waals surface area contributed by atoms with Gasteiger partial charge in [0.1, 0.15) is 11.4 Å². The zero-order valence-corrected chi connectivity index (χ0v) is 20.0. The summed E-state index contributed by atoms with van der Waals surface area (Å²) in [5.74, 6) is -2.48. The topological polar surface area (TPSA) is 85.0 Å². The minimum atomic E-state index is -0.949. The van der Waals surface area contributed by atoms with Crippen LogP contribution in [0.5, 0.6) is 0 Å². The molecule has 8 nitrogen and oxygen atoms in total. The second kappa shape index (κ2) is 7.96. The monoisotopic (exact) mass is 502 g/mol. The van der Waals surface area contributed by atoms with Crippen molar-refractivity contribution in [3.8, 4) is 5.69 Å². The maximum atomic E-state index is 14.3. The first-order valence-corrected chi connectivity index (χ1v) is 12.5. The number of hydrogen-bond donors (Lipinski definition) is 1. The van der Waals surface area contributed by atoms with E-state index in [4.69, 9.17) is 5.10 Å². The summed E-state index contributed by atoms with van der Waals surface area (Å²) in [4.78, 5) is 28.0. The largest absolute Gasteiger partial charge is 0.369 e. The lowest BCUT2D eigenvalue weighted by Crippen LogP contribution is -2.27. The van der Waals surface area contributed by atoms with Crippen molar-refractivity contribution in [3.05, 3.63) is 76.3 Å². The molecule has 7 rings (SSSR count). The lowest BCUT2D eigenvalue weighted by molar-refractivity contribution is 0.102. The highest BCUT2D eigenvalue weighted by Crippen LogP contribution is 2.54. The molecule has 0 unspecified atom stereocenters. The Morgan fingerprint density at radius 3 is 2.46 bits per heavy atom. The molecule has 2 aliphatic carbocycles. The normalized spacial score (nSPS) is 18.1. The van der Waals surface area contributed by atoms with Gasteiger partial charge in [0.15, 0.2) is 11.6 Å². The second-order valence-electron chi connectivity index (χ2n) is 10.4. The van der Waals surface area contributed by atoms with Crippen molar-refractivity contribution in [2.24, 2.45) is 5.41 Å². The standard InChI is InChI=1S/C27H24F2N6O2/c28-18-2-1-3-19(29)25(18)35-23(36)9-8-22(32-35)26(37)30-21-7-6-20-17(14-34(31-20)16-4-5-16)24(21)33-13-12-27(15-33)10-11-27/h1-3,6-9,14,16H,4-5,10-13,15H2,(H,30,37). The van der Waals surface area contributed by atoms with Crippen molar-refractivity contribution in [1.29, 1.82) is 0 Å². The number of benzene rings is 2. The van der Waals surface area contributed by atoms with Gasteiger partial charge in [-0.2, -0.15) is 14.9 Å². The molecule has 4 aromatic rings. The summed E-state index contributed by atoms with van der Waals surface area (Å²) < 4.78 is 31.3. The van der Waals surface area contributed by atoms with Crippen LogP contribution in [-0.4, -0.2) is 38.6 Å². The first-order chi connectivity index (χ1) is 17.9. The van der Waals surface area contributed by atoms with E-state index >= 15 is 0 Å². The number of anilines is 2. The van der Waals surface area contributed by atoms with Gasteiger partial charge in [0.2, 0.25) is 0 Å². The predicted octanol–water partition coefficient (Wildman–Crippen LogP) is 4.44. The Bertz CT molecular complexity index is 1620. The van der Waals surface area contributed by atoms with Crippen LogP contribution in [0.2, 0.25) is 0 Å². The molecule has 3 fully saturated rings. The molecular weight excluding hydrogens is 478 g/mol. The van der Waals surface area contributed by atoms with Gasteiger partial charge >= 0.3 is 0 Å². The van der Waals surface area contributed by atoms with Crippen LogP contribution in [0, 0.1) is 17.0 Å². The molecule has 3 heterocycles. The number of carbonyl (C=O) groups is 1. The number of hydrogen-bond acceptors (Lipinski definition) is 5. The molecule has 188 valence electrons. The highest BCUT2D eigenvalue weighted by Gasteiger charge is 2.48. The van der Waals surface area contributed by atoms with Crippen LogP contribution < -0.4 is 15.8 Å². The van der Waals surface area contributed by atoms with Crippen LogP contribution in [0.3, 0.4) is 0 Å². The number of fused-ring (bicyclic) bond motifs is 1. The van der Waals surface area contributed by atoms with Crippen LogP contribution in [0.4, 0.5) is 20.2 Å². The lowest BCUT2D eigenvalue weighted by atomic mass is 10.1. The average Bonchev–Trinajstić information content (AvgIpc) is 3.78. The Labute approximate surface area is 210 Å². The van der Waals surface area contributed by atoms with Gasteiger partial charge in [-0.25, -0.2) is 8.78 Å². The molecule has 1 amide bonds. The number of nitrogens with zero attached hydrogens (tertiary/aromatic N) is 5. The third kappa shape index (κ3) is 3.78. The van der Waals surface area contributed by atoms with Crippen LogP contribution in [0.25, 0.3) is 16.6 Å². The van der Waals surface area contributed by atoms with E-state index in [1.165, 1.54) is 25.0 Å². The number of para-hydroxylation sites is 1. The van der Waals surface area contributed by atoms with E-state index in [0.717, 1.165) is 67.1 Å². The number of aromatic nitrogens is 4. The fourth-order valence-electron chi connectivity index (χ4n) is 5.35. The summed E-state index contributed by atoms with van der Waals surface area (Å²) in [5.41, 5.74) is 1.28. The van der Waals surface area contributed by atoms with Gasteiger partial charge in [-0.1, -0.05) is 6.07 Å². The molecule has 1 saturated heterocycles. The van der Waals surface area contributed by atoms with E-state index in [1.807, 2.05) is 16.8 Å². The molecule has 10 heteroatoms. The third-order valence-electron chi connectivity index (χ3n) is 7.74. The molecule has 2 aromatic heterocycles. The molecule has 2 saturated carbocycles. The summed E-state index contributed by atoms with van der Waals surface area (Å²) in [5, 5.41) is 12.7. The Balaban J connectivity index is 1.27. The van der Waals surface area contributed by atoms with Crippen molar-refractivity contribution in [3.63, 3.8) is 0 Å². The summed E-state index contributed by atoms with van der Waals surface area (Å²) in [6, 6.07) is 9.75. The minimum Gasteiger partial charge on any atom is -0.369 e. The second-order valence-corrected chi connectivity index (χ2v) is 10.4. The van der Waals surface area contributed by atoms with E-state index < -0.39 is 28.8 Å². The van der Waals surface area contributed by atoms with E-state index in [2.05, 4.69) is 21.5 Å². The molecule has 1 spiro atoms. The third-order valence-corrected chi connectivity index (χ3v) is 7.74. The zero-order chi connectivity index (χ0) is 25.3. The van der Waals surface area contributed by atoms with Crippen molar-refractivity contribution < 1.29 is 13.6 Å². The number of rotatable bonds is 5. The summed E-state index contributed by atoms with van der Waals surface area (Å²) in [6.45, 7) is 1.82. The van der Waals surface area contributed by atoms with Gasteiger partial charge < -0.3 is 10.2 Å². The summed E-state index contributed by atoms with van der Waals surface area (Å²) >= 11 is 0. The molecule has 3 aliphatic rings. The van der Waals surface area contributed by atoms with Crippen LogP contribution in [0.15, 0.2) is 53.5 Å². The average molecular weight is 503 g/mol. The smallest absolute Gasteiger partial charge is 0.276 e. The van der Waals surface area contributed by atoms with Crippen LogP contribution >= 0.6 is 0 Å². The van der Waals surface area contributed by atoms with Crippen molar-refractivity contribution in [1.82, 2.24) is 19.6 Å². The number of halogens is 2. The summed E-state index contributed by atoms with van der Waals surface area (Å²) in [7, 11) is 0. The molecule has 1 aliphatic heterocycles. The van der Waals surface area contributed by atoms with Crippen LogP contribution in [-0.2, 0) is 0 Å². The van der Waals surface area contributed by atoms with E-state index in [1.54, 1.807) is 0 Å². The fraction of sp³-hybridized carbons (Fsp3) is 0.333. The van der Waals surface area contributed by atoms with Gasteiger partial charge in [0.05, 0.1) is 22.9 Å². The van der Waals surface area contributed by atoms with Gasteiger partial charge in [-0.05, 0) is 67.9 Å². The molecular formula is C27H24F2N6O2. The van der Waals surface area contributed by atoms with Crippen molar-refractivity contribution >= 4 is 28.2 Å². The Kier molecular flexibility index (Phi) is 4.76. The lowest BCUT2D eigenvalue weighted by Gasteiger charge is -2.23. The molecule has 0 radical (unpaired) electrons. The Morgan fingerprint density at radius 1 is 0.973 bits per heavy atom. The minimum absolute atomic E-state index is 0.137. The fourth-order valence-corrected chi connectivity index (χ4v) is 5.35. The van der Waals surface area contributed by atoms with Gasteiger partial charge in [0, 0.05) is 30.7 Å². The van der Waals surface area contributed by atoms with E-state index in [9.17, 15) is 18.4 Å². The van der Waals surface area contributed by atoms with Crippen molar-refractivity contribution in [2.45, 2.75) is 38.1 Å². The van der Waals surface area contributed by atoms with E-state index in [0.29, 0.717) is 21.8 Å². The number of amides is 1. The highest BCUT2D eigenvalue weighted by molar-refractivity contribution is 6.08. The Hall–Kier alpha value is -4.08. The molecule has 0 atom stereocenters. The molecule has 37 heavy (non-hydrogen) atoms. The van der Waals surface area contributed by atoms with Crippen LogP contribution in [0.1, 0.15) is 48.6 Å². The quantitative estimate of drug-likeness (QED) is 0.436. The summed E-state index contributed by atoms with van der Waals surface area (Å²) in [6.07, 6.45) is 7.86. The van der Waals surface area contributed by atoms with Crippen molar-refractivity contribution in [2.75, 3.05) is 23.3 Å². The Morgan fingerprint density at radius 2 is 1.76 bits per heavy atom. The van der Waals surface area contributed by atoms with Gasteiger partial charge in [0.25, 0.3) is 11.5 Å². The maximum absolute atomic E-state index is 14.3. The first kappa shape index (κ1) is 22.1. The number of carbonyl (C=O) groups excluding carboxylic acids is 1. The first-order valence-electron chi connectivity index (χ1n) is 12.5. The zero-order valence-electron chi connectivity index (χ0n) is 20.0. The molecule has 2 aromatic carbocycles. The highest BCUT2D eigenvalue weighted by atomic mass is 19.1. The maximum Gasteiger partial charge on any atom is 0.276 e.